The average molecular weight is 328 g/mol. The molecule has 2 aromatic rings. The number of halogens is 1. The lowest BCUT2D eigenvalue weighted by Crippen LogP contribution is -2.34. The van der Waals surface area contributed by atoms with E-state index in [1.165, 1.54) is 0 Å². The van der Waals surface area contributed by atoms with E-state index in [4.69, 9.17) is 22.6 Å². The predicted octanol–water partition coefficient (Wildman–Crippen LogP) is 2.65. The molecule has 0 saturated heterocycles. The Morgan fingerprint density at radius 1 is 1.26 bits per heavy atom. The lowest BCUT2D eigenvalue weighted by molar-refractivity contribution is -0.121. The van der Waals surface area contributed by atoms with Crippen molar-refractivity contribution in [3.63, 3.8) is 0 Å². The van der Waals surface area contributed by atoms with E-state index in [1.54, 1.807) is 12.1 Å². The monoisotopic (exact) mass is 327 g/mol. The third-order valence-corrected chi connectivity index (χ3v) is 3.97. The maximum atomic E-state index is 11.7. The molecule has 0 saturated carbocycles. The Kier molecular flexibility index (Phi) is 6.16. The first kappa shape index (κ1) is 17.0. The molecule has 0 aliphatic heterocycles. The van der Waals surface area contributed by atoms with E-state index in [1.807, 2.05) is 36.4 Å². The number of benzene rings is 2. The number of nitrogens with zero attached hydrogens (tertiary/aromatic N) is 1. The molecule has 5 heteroatoms. The first-order valence-electron chi connectivity index (χ1n) is 7.32. The van der Waals surface area contributed by atoms with Crippen LogP contribution in [0.4, 0.5) is 0 Å². The summed E-state index contributed by atoms with van der Waals surface area (Å²) in [6.07, 6.45) is 0.500. The van der Waals surface area contributed by atoms with Crippen molar-refractivity contribution in [3.8, 4) is 6.07 Å². The number of nitriles is 1. The first-order chi connectivity index (χ1) is 11.1. The van der Waals surface area contributed by atoms with Gasteiger partial charge in [0.15, 0.2) is 0 Å². The average Bonchev–Trinajstić information content (AvgIpc) is 2.55. The van der Waals surface area contributed by atoms with E-state index in [2.05, 4.69) is 11.4 Å². The molecule has 2 aromatic carbocycles. The number of primary amides is 1. The second kappa shape index (κ2) is 8.33. The molecule has 1 unspecified atom stereocenters. The van der Waals surface area contributed by atoms with Crippen LogP contribution in [0.5, 0.6) is 0 Å². The van der Waals surface area contributed by atoms with Gasteiger partial charge in [0.25, 0.3) is 0 Å². The van der Waals surface area contributed by atoms with Gasteiger partial charge >= 0.3 is 0 Å². The highest BCUT2D eigenvalue weighted by atomic mass is 35.5. The summed E-state index contributed by atoms with van der Waals surface area (Å²) < 4.78 is 0. The van der Waals surface area contributed by atoms with Crippen LogP contribution in [-0.2, 0) is 17.8 Å². The molecule has 2 rings (SSSR count). The van der Waals surface area contributed by atoms with Gasteiger partial charge in [-0.25, -0.2) is 0 Å². The van der Waals surface area contributed by atoms with Crippen molar-refractivity contribution < 1.29 is 4.79 Å². The Morgan fingerprint density at radius 2 is 2.04 bits per heavy atom. The minimum Gasteiger partial charge on any atom is -0.369 e. The fourth-order valence-electron chi connectivity index (χ4n) is 2.34. The molecule has 0 fully saturated rings. The zero-order chi connectivity index (χ0) is 16.7. The van der Waals surface area contributed by atoms with E-state index in [0.29, 0.717) is 30.1 Å². The van der Waals surface area contributed by atoms with E-state index in [9.17, 15) is 4.79 Å². The summed E-state index contributed by atoms with van der Waals surface area (Å²) in [7, 11) is 0. The van der Waals surface area contributed by atoms with Crippen LogP contribution in [0.3, 0.4) is 0 Å². The Hall–Kier alpha value is -2.35. The fourth-order valence-corrected chi connectivity index (χ4v) is 2.56. The highest BCUT2D eigenvalue weighted by molar-refractivity contribution is 6.31. The number of rotatable bonds is 7. The maximum Gasteiger partial charge on any atom is 0.222 e. The molecule has 0 heterocycles. The normalized spacial score (nSPS) is 11.7. The summed E-state index contributed by atoms with van der Waals surface area (Å²) in [6.45, 7) is 1.03. The Labute approximate surface area is 140 Å². The summed E-state index contributed by atoms with van der Waals surface area (Å²) in [6, 6.07) is 16.9. The SMILES string of the molecule is N#Cc1cccc(CNCC(Cc2ccccc2Cl)C(N)=O)c1. The molecule has 0 spiro atoms. The van der Waals surface area contributed by atoms with Gasteiger partial charge < -0.3 is 11.1 Å². The topological polar surface area (TPSA) is 78.9 Å². The van der Waals surface area contributed by atoms with Crippen molar-refractivity contribution in [2.24, 2.45) is 11.7 Å². The molecule has 1 atom stereocenters. The summed E-state index contributed by atoms with van der Waals surface area (Å²) in [4.78, 5) is 11.7. The van der Waals surface area contributed by atoms with Crippen molar-refractivity contribution >= 4 is 17.5 Å². The number of nitrogens with two attached hydrogens (primary N) is 1. The van der Waals surface area contributed by atoms with Crippen LogP contribution in [0.25, 0.3) is 0 Å². The van der Waals surface area contributed by atoms with E-state index >= 15 is 0 Å². The molecule has 0 radical (unpaired) electrons. The third kappa shape index (κ3) is 5.10. The summed E-state index contributed by atoms with van der Waals surface area (Å²) in [5.74, 6) is -0.697. The molecule has 1 amide bonds. The number of hydrogen-bond acceptors (Lipinski definition) is 3. The second-order valence-electron chi connectivity index (χ2n) is 5.34. The van der Waals surface area contributed by atoms with E-state index in [-0.39, 0.29) is 11.8 Å². The van der Waals surface area contributed by atoms with E-state index < -0.39 is 0 Å². The van der Waals surface area contributed by atoms with Gasteiger partial charge in [-0.1, -0.05) is 41.9 Å². The van der Waals surface area contributed by atoms with Gasteiger partial charge in [-0.15, -0.1) is 0 Å². The van der Waals surface area contributed by atoms with Crippen molar-refractivity contribution in [2.75, 3.05) is 6.54 Å². The molecule has 3 N–H and O–H groups in total. The van der Waals surface area contributed by atoms with Crippen LogP contribution in [0.1, 0.15) is 16.7 Å². The molecule has 0 aliphatic rings. The predicted molar refractivity (Wildman–Crippen MR) is 90.7 cm³/mol. The number of carbonyl (C=O) groups is 1. The number of amides is 1. The molecular formula is C18H18ClN3O. The maximum absolute atomic E-state index is 11.7. The van der Waals surface area contributed by atoms with Crippen LogP contribution in [0.15, 0.2) is 48.5 Å². The molecule has 0 aromatic heterocycles. The number of carbonyl (C=O) groups excluding carboxylic acids is 1. The largest absolute Gasteiger partial charge is 0.369 e. The first-order valence-corrected chi connectivity index (χ1v) is 7.70. The summed E-state index contributed by atoms with van der Waals surface area (Å²) >= 11 is 6.13. The zero-order valence-corrected chi connectivity index (χ0v) is 13.4. The highest BCUT2D eigenvalue weighted by Gasteiger charge is 2.17. The van der Waals surface area contributed by atoms with Crippen LogP contribution in [0, 0.1) is 17.2 Å². The Bertz CT molecular complexity index is 724. The summed E-state index contributed by atoms with van der Waals surface area (Å²) in [5.41, 5.74) is 8.01. The number of hydrogen-bond donors (Lipinski definition) is 2. The van der Waals surface area contributed by atoms with Crippen LogP contribution in [0.2, 0.25) is 5.02 Å². The zero-order valence-electron chi connectivity index (χ0n) is 12.6. The highest BCUT2D eigenvalue weighted by Crippen LogP contribution is 2.18. The quantitative estimate of drug-likeness (QED) is 0.820. The van der Waals surface area contributed by atoms with Gasteiger partial charge in [0.05, 0.1) is 17.6 Å². The molecule has 118 valence electrons. The van der Waals surface area contributed by atoms with Gasteiger partial charge in [-0.05, 0) is 35.7 Å². The van der Waals surface area contributed by atoms with Gasteiger partial charge in [-0.2, -0.15) is 5.26 Å². The van der Waals surface area contributed by atoms with Gasteiger partial charge in [0.2, 0.25) is 5.91 Å². The van der Waals surface area contributed by atoms with Gasteiger partial charge in [0.1, 0.15) is 0 Å². The van der Waals surface area contributed by atoms with Crippen LogP contribution in [-0.4, -0.2) is 12.5 Å². The molecule has 0 bridgehead atoms. The lowest BCUT2D eigenvalue weighted by Gasteiger charge is -2.15. The molecular weight excluding hydrogens is 310 g/mol. The van der Waals surface area contributed by atoms with Crippen molar-refractivity contribution in [1.29, 1.82) is 5.26 Å². The van der Waals surface area contributed by atoms with Crippen molar-refractivity contribution in [3.05, 3.63) is 70.2 Å². The van der Waals surface area contributed by atoms with Gasteiger partial charge in [-0.3, -0.25) is 4.79 Å². The minimum absolute atomic E-state index is 0.339. The van der Waals surface area contributed by atoms with Crippen LogP contribution < -0.4 is 11.1 Å². The minimum atomic E-state index is -0.358. The van der Waals surface area contributed by atoms with Gasteiger partial charge in [0, 0.05) is 18.1 Å². The second-order valence-corrected chi connectivity index (χ2v) is 5.75. The summed E-state index contributed by atoms with van der Waals surface area (Å²) in [5, 5.41) is 12.8. The Balaban J connectivity index is 1.94. The standard InChI is InChI=1S/C18H18ClN3O/c19-17-7-2-1-6-15(17)9-16(18(21)23)12-22-11-14-5-3-4-13(8-14)10-20/h1-8,16,22H,9,11-12H2,(H2,21,23). The van der Waals surface area contributed by atoms with Crippen LogP contribution >= 0.6 is 11.6 Å². The smallest absolute Gasteiger partial charge is 0.222 e. The molecule has 4 nitrogen and oxygen atoms in total. The molecule has 0 aliphatic carbocycles. The molecule has 23 heavy (non-hydrogen) atoms. The van der Waals surface area contributed by atoms with Crippen molar-refractivity contribution in [2.45, 2.75) is 13.0 Å². The van der Waals surface area contributed by atoms with E-state index in [0.717, 1.165) is 11.1 Å². The number of nitrogens with one attached hydrogen (secondary N) is 1. The Morgan fingerprint density at radius 3 is 2.74 bits per heavy atom. The van der Waals surface area contributed by atoms with Crippen molar-refractivity contribution in [1.82, 2.24) is 5.32 Å². The fraction of sp³-hybridized carbons (Fsp3) is 0.222. The third-order valence-electron chi connectivity index (χ3n) is 3.60. The lowest BCUT2D eigenvalue weighted by atomic mass is 9.98.